The summed E-state index contributed by atoms with van der Waals surface area (Å²) >= 11 is 0. The van der Waals surface area contributed by atoms with E-state index in [1.165, 1.54) is 13.4 Å². The standard InChI is InChI=1S/C19H18N4O4/c1-13-7-9-14(10-8-13)11-20-18-17(23(24)25)19(22-12-21-18)27-16-6-4-3-5-15(16)26-2/h3-10,12H,11H2,1-2H3,(H,20,21,22). The fourth-order valence-corrected chi connectivity index (χ4v) is 2.43. The zero-order valence-electron chi connectivity index (χ0n) is 14.9. The summed E-state index contributed by atoms with van der Waals surface area (Å²) in [6, 6.07) is 14.7. The van der Waals surface area contributed by atoms with Gasteiger partial charge in [0.05, 0.1) is 12.0 Å². The zero-order chi connectivity index (χ0) is 19.2. The molecule has 0 bridgehead atoms. The minimum atomic E-state index is -0.567. The number of aryl methyl sites for hydroxylation is 1. The number of aromatic nitrogens is 2. The fraction of sp³-hybridized carbons (Fsp3) is 0.158. The Balaban J connectivity index is 1.88. The van der Waals surface area contributed by atoms with Crippen LogP contribution in [0.15, 0.2) is 54.9 Å². The summed E-state index contributed by atoms with van der Waals surface area (Å²) in [7, 11) is 1.49. The summed E-state index contributed by atoms with van der Waals surface area (Å²) in [5, 5.41) is 14.6. The van der Waals surface area contributed by atoms with Crippen molar-refractivity contribution < 1.29 is 14.4 Å². The molecule has 0 saturated heterocycles. The molecule has 138 valence electrons. The fourth-order valence-electron chi connectivity index (χ4n) is 2.43. The molecule has 0 aliphatic heterocycles. The van der Waals surface area contributed by atoms with Crippen molar-refractivity contribution in [3.63, 3.8) is 0 Å². The van der Waals surface area contributed by atoms with Gasteiger partial charge in [-0.25, -0.2) is 4.98 Å². The molecule has 1 heterocycles. The average Bonchev–Trinajstić information content (AvgIpc) is 2.68. The summed E-state index contributed by atoms with van der Waals surface area (Å²) in [4.78, 5) is 19.0. The molecule has 0 aliphatic carbocycles. The number of hydrogen-bond acceptors (Lipinski definition) is 7. The summed E-state index contributed by atoms with van der Waals surface area (Å²) in [5.41, 5.74) is 1.77. The maximum atomic E-state index is 11.6. The average molecular weight is 366 g/mol. The first kappa shape index (κ1) is 18.1. The molecule has 0 fully saturated rings. The van der Waals surface area contributed by atoms with Crippen LogP contribution < -0.4 is 14.8 Å². The van der Waals surface area contributed by atoms with Gasteiger partial charge in [-0.3, -0.25) is 10.1 Å². The molecule has 27 heavy (non-hydrogen) atoms. The number of para-hydroxylation sites is 2. The van der Waals surface area contributed by atoms with Crippen molar-refractivity contribution in [2.45, 2.75) is 13.5 Å². The van der Waals surface area contributed by atoms with Crippen LogP contribution in [-0.4, -0.2) is 22.0 Å². The highest BCUT2D eigenvalue weighted by molar-refractivity contribution is 5.62. The lowest BCUT2D eigenvalue weighted by Crippen LogP contribution is -2.07. The minimum Gasteiger partial charge on any atom is -0.493 e. The van der Waals surface area contributed by atoms with Crippen molar-refractivity contribution in [2.75, 3.05) is 12.4 Å². The van der Waals surface area contributed by atoms with Gasteiger partial charge in [0.2, 0.25) is 5.82 Å². The molecule has 0 amide bonds. The van der Waals surface area contributed by atoms with Crippen LogP contribution in [0.2, 0.25) is 0 Å². The summed E-state index contributed by atoms with van der Waals surface area (Å²) in [6.07, 6.45) is 1.22. The maximum absolute atomic E-state index is 11.6. The molecule has 0 saturated carbocycles. The molecule has 8 nitrogen and oxygen atoms in total. The Morgan fingerprint density at radius 3 is 2.44 bits per heavy atom. The van der Waals surface area contributed by atoms with Crippen molar-refractivity contribution in [2.24, 2.45) is 0 Å². The molecule has 1 aromatic heterocycles. The van der Waals surface area contributed by atoms with Crippen molar-refractivity contribution >= 4 is 11.5 Å². The quantitative estimate of drug-likeness (QED) is 0.496. The van der Waals surface area contributed by atoms with Crippen LogP contribution >= 0.6 is 0 Å². The number of nitrogens with one attached hydrogen (secondary N) is 1. The molecular weight excluding hydrogens is 348 g/mol. The van der Waals surface area contributed by atoms with Crippen LogP contribution in [0.1, 0.15) is 11.1 Å². The Labute approximate surface area is 156 Å². The third-order valence-corrected chi connectivity index (χ3v) is 3.83. The van der Waals surface area contributed by atoms with Crippen molar-refractivity contribution in [3.8, 4) is 17.4 Å². The zero-order valence-corrected chi connectivity index (χ0v) is 14.9. The number of rotatable bonds is 7. The van der Waals surface area contributed by atoms with Crippen molar-refractivity contribution in [3.05, 3.63) is 76.1 Å². The molecule has 2 aromatic carbocycles. The first-order valence-corrected chi connectivity index (χ1v) is 8.18. The highest BCUT2D eigenvalue weighted by atomic mass is 16.6. The van der Waals surface area contributed by atoms with Crippen LogP contribution in [0.3, 0.4) is 0 Å². The van der Waals surface area contributed by atoms with Gasteiger partial charge >= 0.3 is 11.6 Å². The Bertz CT molecular complexity index is 945. The first-order chi connectivity index (χ1) is 13.1. The van der Waals surface area contributed by atoms with Crippen LogP contribution in [0.25, 0.3) is 0 Å². The molecule has 0 unspecified atom stereocenters. The highest BCUT2D eigenvalue weighted by Gasteiger charge is 2.25. The number of anilines is 1. The van der Waals surface area contributed by atoms with Gasteiger partial charge in [-0.1, -0.05) is 42.0 Å². The SMILES string of the molecule is COc1ccccc1Oc1ncnc(NCc2ccc(C)cc2)c1[N+](=O)[O-]. The second kappa shape index (κ2) is 8.13. The second-order valence-electron chi connectivity index (χ2n) is 5.73. The lowest BCUT2D eigenvalue weighted by molar-refractivity contribution is -0.385. The molecule has 0 atom stereocenters. The molecule has 8 heteroatoms. The van der Waals surface area contributed by atoms with Gasteiger partial charge in [-0.2, -0.15) is 4.98 Å². The third kappa shape index (κ3) is 4.30. The van der Waals surface area contributed by atoms with E-state index in [4.69, 9.17) is 9.47 Å². The minimum absolute atomic E-state index is 0.0838. The van der Waals surface area contributed by atoms with Gasteiger partial charge in [0.1, 0.15) is 6.33 Å². The molecule has 3 aromatic rings. The number of hydrogen-bond donors (Lipinski definition) is 1. The predicted molar refractivity (Wildman–Crippen MR) is 100 cm³/mol. The topological polar surface area (TPSA) is 99.4 Å². The normalized spacial score (nSPS) is 10.3. The summed E-state index contributed by atoms with van der Waals surface area (Å²) < 4.78 is 10.9. The van der Waals surface area contributed by atoms with E-state index in [0.717, 1.165) is 11.1 Å². The van der Waals surface area contributed by atoms with Gasteiger partial charge in [-0.15, -0.1) is 0 Å². The third-order valence-electron chi connectivity index (χ3n) is 3.83. The predicted octanol–water partition coefficient (Wildman–Crippen LogP) is 4.11. The molecule has 0 spiro atoms. The molecular formula is C19H18N4O4. The summed E-state index contributed by atoms with van der Waals surface area (Å²) in [6.45, 7) is 2.38. The van der Waals surface area contributed by atoms with E-state index in [-0.39, 0.29) is 17.4 Å². The van der Waals surface area contributed by atoms with Crippen molar-refractivity contribution in [1.29, 1.82) is 0 Å². The van der Waals surface area contributed by atoms with Crippen LogP contribution in [0.4, 0.5) is 11.5 Å². The van der Waals surface area contributed by atoms with E-state index in [0.29, 0.717) is 18.0 Å². The number of nitro groups is 1. The largest absolute Gasteiger partial charge is 0.493 e. The molecule has 0 aliphatic rings. The number of benzene rings is 2. The van der Waals surface area contributed by atoms with Crippen LogP contribution in [0.5, 0.6) is 17.4 Å². The lowest BCUT2D eigenvalue weighted by atomic mass is 10.1. The first-order valence-electron chi connectivity index (χ1n) is 8.18. The molecule has 1 N–H and O–H groups in total. The monoisotopic (exact) mass is 366 g/mol. The van der Waals surface area contributed by atoms with E-state index >= 15 is 0 Å². The Morgan fingerprint density at radius 2 is 1.78 bits per heavy atom. The number of nitrogens with zero attached hydrogens (tertiary/aromatic N) is 3. The Kier molecular flexibility index (Phi) is 5.46. The smallest absolute Gasteiger partial charge is 0.373 e. The van der Waals surface area contributed by atoms with E-state index < -0.39 is 4.92 Å². The van der Waals surface area contributed by atoms with Gasteiger partial charge in [0, 0.05) is 6.54 Å². The van der Waals surface area contributed by atoms with E-state index in [9.17, 15) is 10.1 Å². The van der Waals surface area contributed by atoms with Gasteiger partial charge in [0.15, 0.2) is 11.5 Å². The Hall–Kier alpha value is -3.68. The van der Waals surface area contributed by atoms with Gasteiger partial charge in [0.25, 0.3) is 0 Å². The number of methoxy groups -OCH3 is 1. The van der Waals surface area contributed by atoms with E-state index in [1.54, 1.807) is 24.3 Å². The highest BCUT2D eigenvalue weighted by Crippen LogP contribution is 2.37. The number of ether oxygens (including phenoxy) is 2. The van der Waals surface area contributed by atoms with Gasteiger partial charge in [-0.05, 0) is 24.6 Å². The van der Waals surface area contributed by atoms with Crippen LogP contribution in [-0.2, 0) is 6.54 Å². The lowest BCUT2D eigenvalue weighted by Gasteiger charge is -2.11. The second-order valence-corrected chi connectivity index (χ2v) is 5.73. The van der Waals surface area contributed by atoms with Crippen LogP contribution in [0, 0.1) is 17.0 Å². The summed E-state index contributed by atoms with van der Waals surface area (Å²) in [5.74, 6) is 0.692. The van der Waals surface area contributed by atoms with Crippen molar-refractivity contribution in [1.82, 2.24) is 9.97 Å². The molecule has 3 rings (SSSR count). The molecule has 0 radical (unpaired) electrons. The Morgan fingerprint density at radius 1 is 1.07 bits per heavy atom. The van der Waals surface area contributed by atoms with E-state index in [2.05, 4.69) is 15.3 Å². The van der Waals surface area contributed by atoms with Gasteiger partial charge < -0.3 is 14.8 Å². The maximum Gasteiger partial charge on any atom is 0.373 e. The van der Waals surface area contributed by atoms with E-state index in [1.807, 2.05) is 31.2 Å².